The van der Waals surface area contributed by atoms with Crippen LogP contribution >= 0.6 is 0 Å². The highest BCUT2D eigenvalue weighted by molar-refractivity contribution is 4.87. The topological polar surface area (TPSA) is 61.7 Å². The van der Waals surface area contributed by atoms with Crippen LogP contribution in [0.4, 0.5) is 0 Å². The third-order valence-corrected chi connectivity index (χ3v) is 3.22. The van der Waals surface area contributed by atoms with E-state index < -0.39 is 11.2 Å². The lowest BCUT2D eigenvalue weighted by molar-refractivity contribution is -0.0667. The molecule has 0 radical (unpaired) electrons. The fourth-order valence-corrected chi connectivity index (χ4v) is 1.52. The van der Waals surface area contributed by atoms with Gasteiger partial charge in [-0.15, -0.1) is 0 Å². The summed E-state index contributed by atoms with van der Waals surface area (Å²) in [5, 5.41) is 23.1. The van der Waals surface area contributed by atoms with Gasteiger partial charge in [0, 0.05) is 38.6 Å². The maximum atomic E-state index is 10.2. The van der Waals surface area contributed by atoms with Crippen molar-refractivity contribution in [2.75, 3.05) is 19.8 Å². The van der Waals surface area contributed by atoms with Crippen molar-refractivity contribution >= 4 is 0 Å². The molecule has 15 heavy (non-hydrogen) atoms. The molecule has 1 aliphatic heterocycles. The van der Waals surface area contributed by atoms with E-state index in [-0.39, 0.29) is 6.04 Å². The molecule has 1 heterocycles. The summed E-state index contributed by atoms with van der Waals surface area (Å²) in [4.78, 5) is 0. The van der Waals surface area contributed by atoms with Crippen molar-refractivity contribution in [3.05, 3.63) is 0 Å². The Bertz CT molecular complexity index is 194. The molecule has 1 saturated heterocycles. The smallest absolute Gasteiger partial charge is 0.0815 e. The Balaban J connectivity index is 2.35. The van der Waals surface area contributed by atoms with Gasteiger partial charge in [-0.25, -0.2) is 0 Å². The van der Waals surface area contributed by atoms with Crippen molar-refractivity contribution in [2.24, 2.45) is 0 Å². The molecule has 1 atom stereocenters. The number of nitrogens with one attached hydrogen (secondary N) is 1. The maximum Gasteiger partial charge on any atom is 0.0815 e. The average Bonchev–Trinajstić information content (AvgIpc) is 2.14. The monoisotopic (exact) mass is 217 g/mol. The molecule has 0 amide bonds. The van der Waals surface area contributed by atoms with Crippen LogP contribution in [0, 0.1) is 0 Å². The summed E-state index contributed by atoms with van der Waals surface area (Å²) in [5.41, 5.74) is -1.43. The van der Waals surface area contributed by atoms with Crippen LogP contribution < -0.4 is 5.32 Å². The Hall–Kier alpha value is -0.160. The maximum absolute atomic E-state index is 10.2. The van der Waals surface area contributed by atoms with E-state index in [0.29, 0.717) is 32.6 Å². The van der Waals surface area contributed by atoms with Crippen LogP contribution in [0.2, 0.25) is 0 Å². The third-order valence-electron chi connectivity index (χ3n) is 3.22. The third kappa shape index (κ3) is 4.07. The Morgan fingerprint density at radius 2 is 1.93 bits per heavy atom. The summed E-state index contributed by atoms with van der Waals surface area (Å²) >= 11 is 0. The van der Waals surface area contributed by atoms with Crippen molar-refractivity contribution in [1.82, 2.24) is 5.32 Å². The summed E-state index contributed by atoms with van der Waals surface area (Å²) in [6.07, 6.45) is 1.33. The van der Waals surface area contributed by atoms with Gasteiger partial charge < -0.3 is 20.3 Å². The summed E-state index contributed by atoms with van der Waals surface area (Å²) in [6.45, 7) is 7.20. The fraction of sp³-hybridized carbons (Fsp3) is 1.00. The van der Waals surface area contributed by atoms with Gasteiger partial charge in [0.05, 0.1) is 11.2 Å². The molecular weight excluding hydrogens is 194 g/mol. The second-order valence-electron chi connectivity index (χ2n) is 5.09. The minimum Gasteiger partial charge on any atom is -0.389 e. The van der Waals surface area contributed by atoms with Crippen LogP contribution in [0.5, 0.6) is 0 Å². The molecular formula is C11H23NO3. The molecule has 0 saturated carbocycles. The molecule has 0 bridgehead atoms. The Morgan fingerprint density at radius 1 is 1.40 bits per heavy atom. The van der Waals surface area contributed by atoms with E-state index in [4.69, 9.17) is 4.74 Å². The molecule has 0 spiro atoms. The predicted octanol–water partition coefficient (Wildman–Crippen LogP) is 0.277. The quantitative estimate of drug-likeness (QED) is 0.633. The number of rotatable bonds is 4. The summed E-state index contributed by atoms with van der Waals surface area (Å²) in [7, 11) is 0. The first-order valence-corrected chi connectivity index (χ1v) is 5.59. The van der Waals surface area contributed by atoms with Crippen molar-refractivity contribution in [3.63, 3.8) is 0 Å². The number of hydrogen-bond acceptors (Lipinski definition) is 4. The second kappa shape index (κ2) is 4.78. The number of hydrogen-bond donors (Lipinski definition) is 3. The van der Waals surface area contributed by atoms with E-state index in [1.807, 2.05) is 6.92 Å². The lowest BCUT2D eigenvalue weighted by Crippen LogP contribution is -2.52. The second-order valence-corrected chi connectivity index (χ2v) is 5.09. The van der Waals surface area contributed by atoms with Crippen LogP contribution in [-0.4, -0.2) is 47.2 Å². The van der Waals surface area contributed by atoms with Crippen LogP contribution in [0.15, 0.2) is 0 Å². The zero-order valence-electron chi connectivity index (χ0n) is 9.92. The number of ether oxygens (including phenoxy) is 1. The summed E-state index contributed by atoms with van der Waals surface area (Å²) < 4.78 is 5.20. The zero-order chi connectivity index (χ0) is 11.5. The van der Waals surface area contributed by atoms with Gasteiger partial charge in [0.2, 0.25) is 0 Å². The minimum absolute atomic E-state index is 0.0376. The van der Waals surface area contributed by atoms with Crippen molar-refractivity contribution in [1.29, 1.82) is 0 Å². The fourth-order valence-electron chi connectivity index (χ4n) is 1.52. The molecule has 0 aliphatic carbocycles. The normalized spacial score (nSPS) is 23.8. The van der Waals surface area contributed by atoms with E-state index in [2.05, 4.69) is 5.32 Å². The van der Waals surface area contributed by atoms with Crippen molar-refractivity contribution < 1.29 is 14.9 Å². The van der Waals surface area contributed by atoms with Gasteiger partial charge in [0.1, 0.15) is 0 Å². The Kier molecular flexibility index (Phi) is 4.12. The molecule has 0 aromatic rings. The SMILES string of the molecule is CC(NCC1(O)CCOCC1)C(C)(C)O. The van der Waals surface area contributed by atoms with Gasteiger partial charge in [-0.1, -0.05) is 0 Å². The van der Waals surface area contributed by atoms with Crippen LogP contribution in [0.1, 0.15) is 33.6 Å². The molecule has 90 valence electrons. The molecule has 1 unspecified atom stereocenters. The molecule has 0 aromatic carbocycles. The van der Waals surface area contributed by atoms with Crippen molar-refractivity contribution in [2.45, 2.75) is 50.9 Å². The molecule has 3 N–H and O–H groups in total. The Morgan fingerprint density at radius 3 is 2.40 bits per heavy atom. The number of aliphatic hydroxyl groups is 2. The van der Waals surface area contributed by atoms with Gasteiger partial charge in [0.15, 0.2) is 0 Å². The highest BCUT2D eigenvalue weighted by Gasteiger charge is 2.31. The lowest BCUT2D eigenvalue weighted by Gasteiger charge is -2.35. The molecule has 0 aromatic heterocycles. The standard InChI is InChI=1S/C11H23NO3/c1-9(10(2,3)13)12-8-11(14)4-6-15-7-5-11/h9,12-14H,4-8H2,1-3H3. The highest BCUT2D eigenvalue weighted by Crippen LogP contribution is 2.20. The van der Waals surface area contributed by atoms with Crippen molar-refractivity contribution in [3.8, 4) is 0 Å². The van der Waals surface area contributed by atoms with Gasteiger partial charge in [-0.3, -0.25) is 0 Å². The average molecular weight is 217 g/mol. The molecule has 1 fully saturated rings. The van der Waals surface area contributed by atoms with Gasteiger partial charge in [-0.05, 0) is 20.8 Å². The first-order chi connectivity index (χ1) is 6.83. The van der Waals surface area contributed by atoms with Gasteiger partial charge >= 0.3 is 0 Å². The largest absolute Gasteiger partial charge is 0.389 e. The highest BCUT2D eigenvalue weighted by atomic mass is 16.5. The zero-order valence-corrected chi connectivity index (χ0v) is 9.92. The van der Waals surface area contributed by atoms with E-state index in [9.17, 15) is 10.2 Å². The van der Waals surface area contributed by atoms with E-state index in [1.54, 1.807) is 13.8 Å². The first-order valence-electron chi connectivity index (χ1n) is 5.59. The van der Waals surface area contributed by atoms with E-state index >= 15 is 0 Å². The van der Waals surface area contributed by atoms with E-state index in [0.717, 1.165) is 0 Å². The molecule has 4 nitrogen and oxygen atoms in total. The lowest BCUT2D eigenvalue weighted by atomic mass is 9.93. The molecule has 1 aliphatic rings. The summed E-state index contributed by atoms with van der Waals surface area (Å²) in [6, 6.07) is -0.0376. The van der Waals surface area contributed by atoms with Crippen LogP contribution in [0.3, 0.4) is 0 Å². The van der Waals surface area contributed by atoms with E-state index in [1.165, 1.54) is 0 Å². The van der Waals surface area contributed by atoms with Crippen LogP contribution in [0.25, 0.3) is 0 Å². The van der Waals surface area contributed by atoms with Crippen LogP contribution in [-0.2, 0) is 4.74 Å². The molecule has 4 heteroatoms. The van der Waals surface area contributed by atoms with Gasteiger partial charge in [0.25, 0.3) is 0 Å². The Labute approximate surface area is 91.6 Å². The van der Waals surface area contributed by atoms with Gasteiger partial charge in [-0.2, -0.15) is 0 Å². The summed E-state index contributed by atoms with van der Waals surface area (Å²) in [5.74, 6) is 0. The molecule has 1 rings (SSSR count). The first kappa shape index (κ1) is 12.9. The minimum atomic E-state index is -0.762. The predicted molar refractivity (Wildman–Crippen MR) is 58.8 cm³/mol.